The number of rotatable bonds is 6. The average Bonchev–Trinajstić information content (AvgIpc) is 2.94. The van der Waals surface area contributed by atoms with Gasteiger partial charge in [-0.3, -0.25) is 14.5 Å². The standard InChI is InChI=1S/C21H21NO5/c1-3-26-20-13-15(8-9-19(20)27-11-10-23)12-18-21(25)16-6-4-5-7-17(16)22(18)14(2)24/h4-9,12-13,23H,3,10-11H2,1-2H3. The molecule has 6 nitrogen and oxygen atoms in total. The summed E-state index contributed by atoms with van der Waals surface area (Å²) in [6.45, 7) is 3.79. The number of nitrogens with zero attached hydrogens (tertiary/aromatic N) is 1. The molecule has 0 saturated carbocycles. The Morgan fingerprint density at radius 1 is 1.15 bits per heavy atom. The van der Waals surface area contributed by atoms with Gasteiger partial charge in [-0.05, 0) is 42.8 Å². The van der Waals surface area contributed by atoms with E-state index in [0.29, 0.717) is 40.6 Å². The molecule has 0 aliphatic carbocycles. The number of Topliss-reactive ketones (excluding diaryl/α,β-unsaturated/α-hetero) is 1. The van der Waals surface area contributed by atoms with E-state index in [1.165, 1.54) is 11.8 Å². The number of allylic oxidation sites excluding steroid dienone is 1. The van der Waals surface area contributed by atoms with Gasteiger partial charge in [0, 0.05) is 12.5 Å². The summed E-state index contributed by atoms with van der Waals surface area (Å²) in [7, 11) is 0. The average molecular weight is 367 g/mol. The van der Waals surface area contributed by atoms with E-state index in [-0.39, 0.29) is 24.9 Å². The maximum absolute atomic E-state index is 12.8. The lowest BCUT2D eigenvalue weighted by molar-refractivity contribution is -0.116. The van der Waals surface area contributed by atoms with Crippen molar-refractivity contribution in [3.05, 3.63) is 59.3 Å². The lowest BCUT2D eigenvalue weighted by Crippen LogP contribution is -2.25. The van der Waals surface area contributed by atoms with E-state index in [9.17, 15) is 9.59 Å². The third kappa shape index (κ3) is 3.71. The first kappa shape index (κ1) is 18.7. The van der Waals surface area contributed by atoms with Crippen molar-refractivity contribution >= 4 is 23.5 Å². The van der Waals surface area contributed by atoms with Crippen LogP contribution in [0.2, 0.25) is 0 Å². The minimum atomic E-state index is -0.229. The smallest absolute Gasteiger partial charge is 0.228 e. The van der Waals surface area contributed by atoms with Gasteiger partial charge >= 0.3 is 0 Å². The third-order valence-corrected chi connectivity index (χ3v) is 4.10. The van der Waals surface area contributed by atoms with Crippen LogP contribution in [0.3, 0.4) is 0 Å². The molecule has 0 aromatic heterocycles. The number of aliphatic hydroxyl groups excluding tert-OH is 1. The number of para-hydroxylation sites is 1. The van der Waals surface area contributed by atoms with Crippen molar-refractivity contribution in [2.75, 3.05) is 24.7 Å². The molecule has 1 N–H and O–H groups in total. The van der Waals surface area contributed by atoms with Crippen LogP contribution in [-0.2, 0) is 4.79 Å². The highest BCUT2D eigenvalue weighted by atomic mass is 16.5. The van der Waals surface area contributed by atoms with Crippen LogP contribution in [0, 0.1) is 0 Å². The molecular weight excluding hydrogens is 346 g/mol. The fourth-order valence-electron chi connectivity index (χ4n) is 3.01. The number of anilines is 1. The SMILES string of the molecule is CCOc1cc(C=C2C(=O)c3ccccc3N2C(C)=O)ccc1OCCO. The lowest BCUT2D eigenvalue weighted by Gasteiger charge is -2.16. The van der Waals surface area contributed by atoms with Crippen molar-refractivity contribution in [1.82, 2.24) is 0 Å². The maximum Gasteiger partial charge on any atom is 0.228 e. The highest BCUT2D eigenvalue weighted by Gasteiger charge is 2.34. The summed E-state index contributed by atoms with van der Waals surface area (Å²) in [6.07, 6.45) is 1.67. The quantitative estimate of drug-likeness (QED) is 0.794. The van der Waals surface area contributed by atoms with E-state index in [0.717, 1.165) is 0 Å². The normalized spacial score (nSPS) is 14.4. The van der Waals surface area contributed by atoms with Crippen LogP contribution in [-0.4, -0.2) is 36.6 Å². The van der Waals surface area contributed by atoms with Gasteiger partial charge in [-0.15, -0.1) is 0 Å². The van der Waals surface area contributed by atoms with E-state index in [1.54, 1.807) is 48.5 Å². The Labute approximate surface area is 157 Å². The van der Waals surface area contributed by atoms with Crippen LogP contribution in [0.4, 0.5) is 5.69 Å². The van der Waals surface area contributed by atoms with Crippen LogP contribution in [0.25, 0.3) is 6.08 Å². The highest BCUT2D eigenvalue weighted by molar-refractivity contribution is 6.26. The molecule has 3 rings (SSSR count). The molecule has 0 atom stereocenters. The predicted molar refractivity (Wildman–Crippen MR) is 102 cm³/mol. The Morgan fingerprint density at radius 2 is 1.93 bits per heavy atom. The number of carbonyl (C=O) groups is 2. The van der Waals surface area contributed by atoms with Gasteiger partial charge in [0.05, 0.1) is 24.6 Å². The van der Waals surface area contributed by atoms with E-state index in [2.05, 4.69) is 0 Å². The zero-order chi connectivity index (χ0) is 19.4. The molecule has 1 heterocycles. The molecular formula is C21H21NO5. The van der Waals surface area contributed by atoms with E-state index < -0.39 is 0 Å². The second-order valence-corrected chi connectivity index (χ2v) is 5.94. The Balaban J connectivity index is 2.01. The van der Waals surface area contributed by atoms with Crippen molar-refractivity contribution in [3.8, 4) is 11.5 Å². The lowest BCUT2D eigenvalue weighted by atomic mass is 10.1. The first-order valence-electron chi connectivity index (χ1n) is 8.73. The Bertz CT molecular complexity index is 903. The van der Waals surface area contributed by atoms with Crippen LogP contribution >= 0.6 is 0 Å². The van der Waals surface area contributed by atoms with Crippen molar-refractivity contribution in [2.45, 2.75) is 13.8 Å². The van der Waals surface area contributed by atoms with E-state index in [1.807, 2.05) is 6.92 Å². The maximum atomic E-state index is 12.8. The number of benzene rings is 2. The topological polar surface area (TPSA) is 76.1 Å². The van der Waals surface area contributed by atoms with E-state index in [4.69, 9.17) is 14.6 Å². The summed E-state index contributed by atoms with van der Waals surface area (Å²) < 4.78 is 11.1. The van der Waals surface area contributed by atoms with Gasteiger partial charge in [0.15, 0.2) is 11.5 Å². The number of fused-ring (bicyclic) bond motifs is 1. The van der Waals surface area contributed by atoms with Gasteiger partial charge in [0.25, 0.3) is 0 Å². The summed E-state index contributed by atoms with van der Waals surface area (Å²) in [4.78, 5) is 26.4. The molecule has 0 spiro atoms. The number of amides is 1. The predicted octanol–water partition coefficient (Wildman–Crippen LogP) is 3.05. The summed E-state index contributed by atoms with van der Waals surface area (Å²) >= 11 is 0. The summed E-state index contributed by atoms with van der Waals surface area (Å²) in [6, 6.07) is 12.3. The van der Waals surface area contributed by atoms with Crippen LogP contribution < -0.4 is 14.4 Å². The van der Waals surface area contributed by atoms with Gasteiger partial charge in [0.2, 0.25) is 11.7 Å². The third-order valence-electron chi connectivity index (χ3n) is 4.10. The zero-order valence-corrected chi connectivity index (χ0v) is 15.3. The molecule has 6 heteroatoms. The van der Waals surface area contributed by atoms with Gasteiger partial charge < -0.3 is 14.6 Å². The van der Waals surface area contributed by atoms with Crippen molar-refractivity contribution in [2.24, 2.45) is 0 Å². The number of ketones is 1. The Kier molecular flexibility index (Phi) is 5.57. The second kappa shape index (κ2) is 8.05. The largest absolute Gasteiger partial charge is 0.490 e. The zero-order valence-electron chi connectivity index (χ0n) is 15.3. The summed E-state index contributed by atoms with van der Waals surface area (Å²) in [5, 5.41) is 8.94. The molecule has 2 aromatic carbocycles. The Morgan fingerprint density at radius 3 is 2.63 bits per heavy atom. The fraction of sp³-hybridized carbons (Fsp3) is 0.238. The van der Waals surface area contributed by atoms with E-state index >= 15 is 0 Å². The Hall–Kier alpha value is -3.12. The minimum absolute atomic E-state index is 0.0995. The first-order chi connectivity index (χ1) is 13.1. The number of carbonyl (C=O) groups excluding carboxylic acids is 2. The second-order valence-electron chi connectivity index (χ2n) is 5.94. The number of ether oxygens (including phenoxy) is 2. The first-order valence-corrected chi connectivity index (χ1v) is 8.73. The molecule has 0 bridgehead atoms. The molecule has 0 saturated heterocycles. The molecule has 0 unspecified atom stereocenters. The van der Waals surface area contributed by atoms with Crippen LogP contribution in [0.15, 0.2) is 48.2 Å². The van der Waals surface area contributed by atoms with Gasteiger partial charge in [-0.25, -0.2) is 0 Å². The fourth-order valence-corrected chi connectivity index (χ4v) is 3.01. The summed E-state index contributed by atoms with van der Waals surface area (Å²) in [5.41, 5.74) is 2.11. The monoisotopic (exact) mass is 367 g/mol. The van der Waals surface area contributed by atoms with Crippen LogP contribution in [0.5, 0.6) is 11.5 Å². The highest BCUT2D eigenvalue weighted by Crippen LogP contribution is 2.36. The molecule has 1 amide bonds. The molecule has 1 aliphatic heterocycles. The molecule has 0 fully saturated rings. The molecule has 1 aliphatic rings. The molecule has 27 heavy (non-hydrogen) atoms. The molecule has 0 radical (unpaired) electrons. The number of hydrogen-bond donors (Lipinski definition) is 1. The number of hydrogen-bond acceptors (Lipinski definition) is 5. The summed E-state index contributed by atoms with van der Waals surface area (Å²) in [5.74, 6) is 0.599. The van der Waals surface area contributed by atoms with Crippen molar-refractivity contribution in [3.63, 3.8) is 0 Å². The molecule has 140 valence electrons. The number of aliphatic hydroxyl groups is 1. The van der Waals surface area contributed by atoms with Crippen molar-refractivity contribution in [1.29, 1.82) is 0 Å². The van der Waals surface area contributed by atoms with Gasteiger partial charge in [-0.2, -0.15) is 0 Å². The van der Waals surface area contributed by atoms with Crippen molar-refractivity contribution < 1.29 is 24.2 Å². The van der Waals surface area contributed by atoms with Crippen LogP contribution in [0.1, 0.15) is 29.8 Å². The minimum Gasteiger partial charge on any atom is -0.490 e. The van der Waals surface area contributed by atoms with Gasteiger partial charge in [0.1, 0.15) is 6.61 Å². The van der Waals surface area contributed by atoms with Gasteiger partial charge in [-0.1, -0.05) is 18.2 Å². The molecule has 2 aromatic rings.